The van der Waals surface area contributed by atoms with E-state index in [2.05, 4.69) is 56.9 Å². The van der Waals surface area contributed by atoms with Gasteiger partial charge in [0.05, 0.1) is 0 Å². The molecular formula is C26H26F3N5O3. The minimum absolute atomic E-state index is 0.00720. The van der Waals surface area contributed by atoms with Crippen LogP contribution in [0.15, 0.2) is 54.7 Å². The van der Waals surface area contributed by atoms with E-state index in [9.17, 15) is 18.0 Å². The number of nitrogens with zero attached hydrogens (tertiary/aromatic N) is 2. The quantitative estimate of drug-likeness (QED) is 0.424. The lowest BCUT2D eigenvalue weighted by Gasteiger charge is -2.29. The molecule has 0 spiro atoms. The number of carboxylic acids is 1. The topological polar surface area (TPSA) is 121 Å². The van der Waals surface area contributed by atoms with Crippen molar-refractivity contribution >= 4 is 23.4 Å². The highest BCUT2D eigenvalue weighted by Gasteiger charge is 2.38. The Hall–Kier alpha value is -4.12. The van der Waals surface area contributed by atoms with Gasteiger partial charge in [-0.3, -0.25) is 4.79 Å². The monoisotopic (exact) mass is 513 g/mol. The van der Waals surface area contributed by atoms with Crippen molar-refractivity contribution in [2.24, 2.45) is 0 Å². The molecule has 3 aromatic rings. The van der Waals surface area contributed by atoms with Crippen LogP contribution >= 0.6 is 0 Å². The molecule has 0 aliphatic carbocycles. The van der Waals surface area contributed by atoms with Gasteiger partial charge in [-0.1, -0.05) is 24.3 Å². The van der Waals surface area contributed by atoms with E-state index in [-0.39, 0.29) is 5.91 Å². The summed E-state index contributed by atoms with van der Waals surface area (Å²) in [4.78, 5) is 27.8. The lowest BCUT2D eigenvalue weighted by molar-refractivity contribution is -0.192. The molecule has 2 aliphatic rings. The van der Waals surface area contributed by atoms with Crippen LogP contribution in [-0.2, 0) is 11.2 Å². The van der Waals surface area contributed by atoms with Gasteiger partial charge in [-0.15, -0.1) is 0 Å². The number of hydrogen-bond acceptors (Lipinski definition) is 6. The van der Waals surface area contributed by atoms with Crippen LogP contribution in [0.25, 0.3) is 22.3 Å². The first-order valence-corrected chi connectivity index (χ1v) is 11.7. The van der Waals surface area contributed by atoms with Gasteiger partial charge in [-0.05, 0) is 47.4 Å². The molecule has 1 saturated heterocycles. The highest BCUT2D eigenvalue weighted by Crippen LogP contribution is 2.32. The number of rotatable bonds is 3. The maximum Gasteiger partial charge on any atom is 0.490 e. The summed E-state index contributed by atoms with van der Waals surface area (Å²) in [6.45, 7) is 4.78. The number of benzene rings is 2. The maximum atomic E-state index is 12.0. The van der Waals surface area contributed by atoms with Gasteiger partial charge in [0.2, 0.25) is 0 Å². The minimum atomic E-state index is -5.08. The summed E-state index contributed by atoms with van der Waals surface area (Å²) in [5.41, 5.74) is 13.3. The number of amides is 1. The molecule has 0 radical (unpaired) electrons. The minimum Gasteiger partial charge on any atom is -0.475 e. The normalized spacial score (nSPS) is 15.2. The average Bonchev–Trinajstić information content (AvgIpc) is 2.89. The van der Waals surface area contributed by atoms with E-state index in [1.807, 2.05) is 18.3 Å². The zero-order valence-electron chi connectivity index (χ0n) is 19.8. The standard InChI is InChI=1S/C24H25N5O.C2HF3O2/c25-23-22(17-3-6-21-18(13-17)7-8-27-24(21)30)14-19(15-28-23)16-1-4-20(5-2-16)29-11-9-26-10-12-29;3-2(4,5)1(6)7/h1-6,13-15,26H,7-12H2,(H2,25,28)(H,27,30);(H,6,7). The van der Waals surface area contributed by atoms with Crippen LogP contribution in [0.3, 0.4) is 0 Å². The fourth-order valence-corrected chi connectivity index (χ4v) is 4.25. The van der Waals surface area contributed by atoms with Gasteiger partial charge in [0.25, 0.3) is 5.91 Å². The predicted octanol–water partition coefficient (Wildman–Crippen LogP) is 3.33. The molecule has 2 aliphatic heterocycles. The number of nitrogens with two attached hydrogens (primary N) is 1. The molecule has 0 atom stereocenters. The van der Waals surface area contributed by atoms with E-state index in [1.165, 1.54) is 5.69 Å². The number of aliphatic carboxylic acids is 1. The number of fused-ring (bicyclic) bond motifs is 1. The SMILES string of the molecule is Nc1ncc(-c2ccc(N3CCNCC3)cc2)cc1-c1ccc2c(c1)CCNC2=O.O=C(O)C(F)(F)F. The lowest BCUT2D eigenvalue weighted by atomic mass is 9.94. The van der Waals surface area contributed by atoms with Crippen LogP contribution in [0.4, 0.5) is 24.7 Å². The number of halogens is 3. The molecule has 11 heteroatoms. The molecule has 37 heavy (non-hydrogen) atoms. The Morgan fingerprint density at radius 1 is 0.946 bits per heavy atom. The molecule has 3 heterocycles. The van der Waals surface area contributed by atoms with Gasteiger partial charge in [0, 0.05) is 61.3 Å². The molecule has 194 valence electrons. The number of aromatic nitrogens is 1. The number of pyridine rings is 1. The molecule has 5 N–H and O–H groups in total. The predicted molar refractivity (Wildman–Crippen MR) is 134 cm³/mol. The van der Waals surface area contributed by atoms with Crippen molar-refractivity contribution in [3.8, 4) is 22.3 Å². The highest BCUT2D eigenvalue weighted by molar-refractivity contribution is 5.97. The number of carboxylic acid groups (broad SMARTS) is 1. The summed E-state index contributed by atoms with van der Waals surface area (Å²) in [5.74, 6) is -2.27. The largest absolute Gasteiger partial charge is 0.490 e. The van der Waals surface area contributed by atoms with E-state index in [4.69, 9.17) is 15.6 Å². The van der Waals surface area contributed by atoms with E-state index >= 15 is 0 Å². The number of anilines is 2. The lowest BCUT2D eigenvalue weighted by Crippen LogP contribution is -2.43. The third-order valence-corrected chi connectivity index (χ3v) is 6.18. The second-order valence-electron chi connectivity index (χ2n) is 8.62. The van der Waals surface area contributed by atoms with Crippen LogP contribution in [0.2, 0.25) is 0 Å². The Morgan fingerprint density at radius 2 is 1.59 bits per heavy atom. The Kier molecular flexibility index (Phi) is 7.63. The fraction of sp³-hybridized carbons (Fsp3) is 0.269. The molecule has 0 unspecified atom stereocenters. The first-order valence-electron chi connectivity index (χ1n) is 11.7. The third-order valence-electron chi connectivity index (χ3n) is 6.18. The first-order chi connectivity index (χ1) is 17.6. The Balaban J connectivity index is 0.000000405. The van der Waals surface area contributed by atoms with Crippen molar-refractivity contribution in [3.63, 3.8) is 0 Å². The molecule has 8 nitrogen and oxygen atoms in total. The van der Waals surface area contributed by atoms with E-state index in [1.54, 1.807) is 0 Å². The van der Waals surface area contributed by atoms with Crippen molar-refractivity contribution in [1.82, 2.24) is 15.6 Å². The van der Waals surface area contributed by atoms with E-state index < -0.39 is 12.1 Å². The van der Waals surface area contributed by atoms with Gasteiger partial charge < -0.3 is 26.4 Å². The Morgan fingerprint density at radius 3 is 2.24 bits per heavy atom. The Bertz CT molecular complexity index is 1290. The van der Waals surface area contributed by atoms with Gasteiger partial charge in [0.1, 0.15) is 5.82 Å². The van der Waals surface area contributed by atoms with Crippen LogP contribution in [0.1, 0.15) is 15.9 Å². The number of carbonyl (C=O) groups is 2. The average molecular weight is 514 g/mol. The highest BCUT2D eigenvalue weighted by atomic mass is 19.4. The fourth-order valence-electron chi connectivity index (χ4n) is 4.25. The smallest absolute Gasteiger partial charge is 0.475 e. The van der Waals surface area contributed by atoms with Crippen LogP contribution in [-0.4, -0.2) is 60.9 Å². The summed E-state index contributed by atoms with van der Waals surface area (Å²) < 4.78 is 31.7. The first kappa shape index (κ1) is 26.0. The molecule has 1 amide bonds. The third kappa shape index (κ3) is 6.18. The summed E-state index contributed by atoms with van der Waals surface area (Å²) in [5, 5.41) is 13.4. The zero-order valence-corrected chi connectivity index (χ0v) is 19.8. The van der Waals surface area contributed by atoms with Crippen LogP contribution in [0, 0.1) is 0 Å². The van der Waals surface area contributed by atoms with Gasteiger partial charge >= 0.3 is 12.1 Å². The molecule has 1 fully saturated rings. The second-order valence-corrected chi connectivity index (χ2v) is 8.62. The number of hydrogen-bond donors (Lipinski definition) is 4. The maximum absolute atomic E-state index is 12.0. The number of alkyl halides is 3. The number of carbonyl (C=O) groups excluding carboxylic acids is 1. The number of piperazine rings is 1. The molecule has 1 aromatic heterocycles. The van der Waals surface area contributed by atoms with Crippen molar-refractivity contribution in [2.75, 3.05) is 43.4 Å². The molecule has 0 saturated carbocycles. The van der Waals surface area contributed by atoms with Gasteiger partial charge in [-0.25, -0.2) is 9.78 Å². The van der Waals surface area contributed by atoms with Gasteiger partial charge in [-0.2, -0.15) is 13.2 Å². The van der Waals surface area contributed by atoms with Crippen LogP contribution < -0.4 is 21.3 Å². The van der Waals surface area contributed by atoms with Gasteiger partial charge in [0.15, 0.2) is 0 Å². The van der Waals surface area contributed by atoms with Crippen molar-refractivity contribution in [3.05, 3.63) is 65.9 Å². The van der Waals surface area contributed by atoms with E-state index in [0.29, 0.717) is 12.4 Å². The summed E-state index contributed by atoms with van der Waals surface area (Å²) in [6.07, 6.45) is -2.43. The number of nitrogen functional groups attached to an aromatic ring is 1. The Labute approximate surface area is 211 Å². The second kappa shape index (κ2) is 10.9. The molecular weight excluding hydrogens is 487 g/mol. The number of nitrogens with one attached hydrogen (secondary N) is 2. The summed E-state index contributed by atoms with van der Waals surface area (Å²) in [6, 6.07) is 16.6. The molecule has 0 bridgehead atoms. The summed E-state index contributed by atoms with van der Waals surface area (Å²) >= 11 is 0. The van der Waals surface area contributed by atoms with Crippen LogP contribution in [0.5, 0.6) is 0 Å². The van der Waals surface area contributed by atoms with E-state index in [0.717, 1.165) is 66.0 Å². The van der Waals surface area contributed by atoms with Crippen molar-refractivity contribution in [2.45, 2.75) is 12.6 Å². The zero-order chi connectivity index (χ0) is 26.6. The molecule has 2 aromatic carbocycles. The summed E-state index contributed by atoms with van der Waals surface area (Å²) in [7, 11) is 0. The van der Waals surface area contributed by atoms with Crippen molar-refractivity contribution < 1.29 is 27.9 Å². The van der Waals surface area contributed by atoms with Crippen molar-refractivity contribution in [1.29, 1.82) is 0 Å². The molecule has 5 rings (SSSR count).